The van der Waals surface area contributed by atoms with Gasteiger partial charge in [-0.15, -0.1) is 0 Å². The molecule has 0 saturated heterocycles. The number of benzene rings is 1. The second-order valence-electron chi connectivity index (χ2n) is 8.02. The van der Waals surface area contributed by atoms with E-state index in [0.29, 0.717) is 10.8 Å². The Bertz CT molecular complexity index is 667. The van der Waals surface area contributed by atoms with Crippen LogP contribution in [0, 0.1) is 11.3 Å². The fraction of sp³-hybridized carbons (Fsp3) is 0.550. The zero-order valence-electron chi connectivity index (χ0n) is 17.4. The Labute approximate surface area is 166 Å². The summed E-state index contributed by atoms with van der Waals surface area (Å²) in [7, 11) is 4.82. The van der Waals surface area contributed by atoms with Crippen LogP contribution in [0.25, 0.3) is 0 Å². The number of hydrogen-bond acceptors (Lipinski definition) is 5. The summed E-state index contributed by atoms with van der Waals surface area (Å²) >= 11 is 0. The van der Waals surface area contributed by atoms with Gasteiger partial charge in [-0.1, -0.05) is 32.9 Å². The number of hydrogen-bond donors (Lipinski definition) is 2. The minimum absolute atomic E-state index is 0.186. The lowest BCUT2D eigenvalue weighted by molar-refractivity contribution is -0.155. The van der Waals surface area contributed by atoms with Crippen LogP contribution in [0.15, 0.2) is 24.3 Å². The average Bonchev–Trinajstić information content (AvgIpc) is 2.64. The predicted molar refractivity (Wildman–Crippen MR) is 105 cm³/mol. The minimum Gasteiger partial charge on any atom is -0.497 e. The van der Waals surface area contributed by atoms with Crippen LogP contribution < -0.4 is 10.1 Å². The van der Waals surface area contributed by atoms with Crippen LogP contribution in [0.2, 0.25) is 0 Å². The van der Waals surface area contributed by atoms with E-state index in [4.69, 9.17) is 4.74 Å². The maximum absolute atomic E-state index is 12.9. The molecule has 1 aromatic rings. The van der Waals surface area contributed by atoms with Crippen molar-refractivity contribution in [2.75, 3.05) is 27.7 Å². The normalized spacial score (nSPS) is 13.2. The molecule has 1 aromatic carbocycles. The van der Waals surface area contributed by atoms with Crippen LogP contribution in [0.4, 0.5) is 0 Å². The van der Waals surface area contributed by atoms with Crippen LogP contribution >= 0.6 is 0 Å². The highest BCUT2D eigenvalue weighted by Crippen LogP contribution is 2.22. The highest BCUT2D eigenvalue weighted by Gasteiger charge is 2.35. The number of methoxy groups -OCH3 is 1. The van der Waals surface area contributed by atoms with E-state index in [9.17, 15) is 19.6 Å². The second-order valence-corrected chi connectivity index (χ2v) is 8.02. The lowest BCUT2D eigenvalue weighted by Crippen LogP contribution is -2.55. The van der Waals surface area contributed by atoms with Crippen molar-refractivity contribution in [3.05, 3.63) is 29.8 Å². The van der Waals surface area contributed by atoms with Crippen LogP contribution in [-0.2, 0) is 20.8 Å². The number of ether oxygens (including phenoxy) is 1. The molecule has 1 unspecified atom stereocenters. The third-order valence-corrected chi connectivity index (χ3v) is 4.38. The summed E-state index contributed by atoms with van der Waals surface area (Å²) in [6.45, 7) is 5.40. The number of amides is 3. The quantitative estimate of drug-likeness (QED) is 0.375. The number of nitrogens with zero attached hydrogens (tertiary/aromatic N) is 2. The molecule has 8 nitrogen and oxygen atoms in total. The first-order valence-corrected chi connectivity index (χ1v) is 9.04. The summed E-state index contributed by atoms with van der Waals surface area (Å²) in [6, 6.07) is 6.43. The number of hydroxylamine groups is 2. The van der Waals surface area contributed by atoms with Crippen molar-refractivity contribution in [3.63, 3.8) is 0 Å². The van der Waals surface area contributed by atoms with E-state index in [1.807, 2.05) is 32.9 Å². The summed E-state index contributed by atoms with van der Waals surface area (Å²) in [5, 5.41) is 12.9. The summed E-state index contributed by atoms with van der Waals surface area (Å²) < 4.78 is 5.13. The molecule has 8 heteroatoms. The molecule has 0 heterocycles. The van der Waals surface area contributed by atoms with E-state index in [1.54, 1.807) is 33.3 Å². The third kappa shape index (κ3) is 6.84. The number of likely N-dealkylation sites (N-methyl/N-ethyl adjacent to an activating group) is 1. The van der Waals surface area contributed by atoms with Gasteiger partial charge in [-0.3, -0.25) is 19.6 Å². The molecule has 28 heavy (non-hydrogen) atoms. The highest BCUT2D eigenvalue weighted by molar-refractivity contribution is 5.89. The molecule has 0 aliphatic carbocycles. The van der Waals surface area contributed by atoms with Gasteiger partial charge in [-0.2, -0.15) is 0 Å². The highest BCUT2D eigenvalue weighted by atomic mass is 16.5. The first kappa shape index (κ1) is 23.4. The molecular weight excluding hydrogens is 362 g/mol. The van der Waals surface area contributed by atoms with E-state index >= 15 is 0 Å². The Morgan fingerprint density at radius 3 is 2.21 bits per heavy atom. The lowest BCUT2D eigenvalue weighted by Gasteiger charge is -2.33. The molecule has 2 atom stereocenters. The molecule has 0 radical (unpaired) electrons. The first-order chi connectivity index (χ1) is 13.0. The third-order valence-electron chi connectivity index (χ3n) is 4.38. The molecule has 0 fully saturated rings. The van der Waals surface area contributed by atoms with Crippen molar-refractivity contribution in [3.8, 4) is 5.75 Å². The first-order valence-electron chi connectivity index (χ1n) is 9.04. The Morgan fingerprint density at radius 2 is 1.79 bits per heavy atom. The van der Waals surface area contributed by atoms with Crippen LogP contribution in [0.3, 0.4) is 0 Å². The zero-order chi connectivity index (χ0) is 21.5. The molecule has 2 N–H and O–H groups in total. The standard InChI is InChI=1S/C20H31N3O5/c1-20(2,3)17(19(26)22(4)5)21-18(25)15(12-23(27)13-24)11-14-7-9-16(28-6)10-8-14/h7-10,13,15,17,27H,11-12H2,1-6H3,(H,21,25)/t15?,17-/m1/s1. The van der Waals surface area contributed by atoms with E-state index in [-0.39, 0.29) is 25.3 Å². The largest absolute Gasteiger partial charge is 0.497 e. The van der Waals surface area contributed by atoms with Gasteiger partial charge in [-0.25, -0.2) is 5.06 Å². The molecule has 3 amide bonds. The molecular formula is C20H31N3O5. The Hall–Kier alpha value is -2.61. The molecule has 156 valence electrons. The molecule has 0 bridgehead atoms. The van der Waals surface area contributed by atoms with Gasteiger partial charge < -0.3 is 15.0 Å². The van der Waals surface area contributed by atoms with Gasteiger partial charge in [0.1, 0.15) is 11.8 Å². The molecule has 0 spiro atoms. The van der Waals surface area contributed by atoms with E-state index in [0.717, 1.165) is 5.56 Å². The van der Waals surface area contributed by atoms with Crippen molar-refractivity contribution in [1.82, 2.24) is 15.3 Å². The van der Waals surface area contributed by atoms with Crippen molar-refractivity contribution >= 4 is 18.2 Å². The number of carbonyl (C=O) groups is 3. The van der Waals surface area contributed by atoms with Gasteiger partial charge in [0, 0.05) is 14.1 Å². The van der Waals surface area contributed by atoms with Gasteiger partial charge in [0.25, 0.3) is 0 Å². The predicted octanol–water partition coefficient (Wildman–Crippen LogP) is 1.32. The summed E-state index contributed by atoms with van der Waals surface area (Å²) in [4.78, 5) is 37.8. The Morgan fingerprint density at radius 1 is 1.21 bits per heavy atom. The van der Waals surface area contributed by atoms with Crippen molar-refractivity contribution < 1.29 is 24.3 Å². The SMILES string of the molecule is COc1ccc(CC(CN(O)C=O)C(=O)N[C@H](C(=O)N(C)C)C(C)(C)C)cc1. The topological polar surface area (TPSA) is 99.2 Å². The molecule has 0 aliphatic rings. The number of rotatable bonds is 9. The van der Waals surface area contributed by atoms with Crippen molar-refractivity contribution in [1.29, 1.82) is 0 Å². The summed E-state index contributed by atoms with van der Waals surface area (Å²) in [5.41, 5.74) is 0.331. The smallest absolute Gasteiger partial charge is 0.245 e. The van der Waals surface area contributed by atoms with Crippen LogP contribution in [0.5, 0.6) is 5.75 Å². The Balaban J connectivity index is 3.05. The van der Waals surface area contributed by atoms with Gasteiger partial charge in [-0.05, 0) is 29.5 Å². The number of nitrogens with one attached hydrogen (secondary N) is 1. The Kier molecular flexibility index (Phi) is 8.43. The average molecular weight is 393 g/mol. The fourth-order valence-electron chi connectivity index (χ4n) is 2.72. The van der Waals surface area contributed by atoms with Gasteiger partial charge in [0.05, 0.1) is 19.6 Å². The maximum atomic E-state index is 12.9. The lowest BCUT2D eigenvalue weighted by atomic mass is 9.85. The van der Waals surface area contributed by atoms with Crippen molar-refractivity contribution in [2.45, 2.75) is 33.2 Å². The molecule has 0 aromatic heterocycles. The summed E-state index contributed by atoms with van der Waals surface area (Å²) in [6.07, 6.45) is 0.536. The zero-order valence-corrected chi connectivity index (χ0v) is 17.4. The maximum Gasteiger partial charge on any atom is 0.245 e. The van der Waals surface area contributed by atoms with Gasteiger partial charge in [0.15, 0.2) is 0 Å². The van der Waals surface area contributed by atoms with E-state index in [1.165, 1.54) is 4.90 Å². The second kappa shape index (κ2) is 10.1. The minimum atomic E-state index is -0.739. The van der Waals surface area contributed by atoms with Crippen LogP contribution in [0.1, 0.15) is 26.3 Å². The number of carbonyl (C=O) groups excluding carboxylic acids is 3. The van der Waals surface area contributed by atoms with Crippen molar-refractivity contribution in [2.24, 2.45) is 11.3 Å². The molecule has 0 aliphatic heterocycles. The van der Waals surface area contributed by atoms with Crippen LogP contribution in [-0.4, -0.2) is 67.2 Å². The monoisotopic (exact) mass is 393 g/mol. The van der Waals surface area contributed by atoms with Gasteiger partial charge >= 0.3 is 0 Å². The van der Waals surface area contributed by atoms with E-state index < -0.39 is 23.3 Å². The fourth-order valence-corrected chi connectivity index (χ4v) is 2.72. The van der Waals surface area contributed by atoms with Gasteiger partial charge in [0.2, 0.25) is 18.2 Å². The molecule has 1 rings (SSSR count). The summed E-state index contributed by atoms with van der Waals surface area (Å²) in [5.74, 6) is -0.679. The molecule has 0 saturated carbocycles. The van der Waals surface area contributed by atoms with E-state index in [2.05, 4.69) is 5.32 Å².